The summed E-state index contributed by atoms with van der Waals surface area (Å²) in [7, 11) is 3.37. The topological polar surface area (TPSA) is 72.9 Å². The van der Waals surface area contributed by atoms with Crippen LogP contribution >= 0.6 is 11.6 Å². The standard InChI is InChI=1S/C28H33ClF3N3O3/c1-34(2)24(36)22-11-10-21(17-23(22)29)35-15-12-26(13-16-35)18-20(26)9-6-14-33-25(37)27(38,28(30,31)32)19-7-4-3-5-8-19/h3-5,7-8,10-11,17,20,38H,6,9,12-16,18H2,1-2H3,(H,33,37). The number of benzene rings is 2. The smallest absolute Gasteiger partial charge is 0.371 e. The van der Waals surface area contributed by atoms with Gasteiger partial charge >= 0.3 is 6.18 Å². The number of rotatable bonds is 8. The molecule has 1 aliphatic heterocycles. The number of nitrogens with zero attached hydrogens (tertiary/aromatic N) is 2. The molecule has 0 radical (unpaired) electrons. The highest BCUT2D eigenvalue weighted by Crippen LogP contribution is 2.61. The predicted molar refractivity (Wildman–Crippen MR) is 140 cm³/mol. The minimum atomic E-state index is -5.14. The van der Waals surface area contributed by atoms with Crippen molar-refractivity contribution in [1.29, 1.82) is 0 Å². The molecule has 1 saturated heterocycles. The largest absolute Gasteiger partial charge is 0.430 e. The van der Waals surface area contributed by atoms with Crippen LogP contribution in [0.1, 0.15) is 48.0 Å². The van der Waals surface area contributed by atoms with Gasteiger partial charge in [-0.05, 0) is 61.6 Å². The summed E-state index contributed by atoms with van der Waals surface area (Å²) < 4.78 is 41.0. The Hall–Kier alpha value is -2.78. The lowest BCUT2D eigenvalue weighted by molar-refractivity contribution is -0.257. The second-order valence-electron chi connectivity index (χ2n) is 10.6. The molecule has 4 rings (SSSR count). The van der Waals surface area contributed by atoms with Crippen molar-refractivity contribution in [2.75, 3.05) is 38.6 Å². The first kappa shape index (κ1) is 28.2. The van der Waals surface area contributed by atoms with E-state index in [9.17, 15) is 27.9 Å². The van der Waals surface area contributed by atoms with Gasteiger partial charge in [0.15, 0.2) is 0 Å². The molecule has 10 heteroatoms. The Morgan fingerprint density at radius 2 is 1.79 bits per heavy atom. The zero-order valence-electron chi connectivity index (χ0n) is 21.5. The van der Waals surface area contributed by atoms with Crippen molar-refractivity contribution in [1.82, 2.24) is 10.2 Å². The second-order valence-corrected chi connectivity index (χ2v) is 11.0. The van der Waals surface area contributed by atoms with Gasteiger partial charge in [-0.1, -0.05) is 41.9 Å². The Morgan fingerprint density at radius 3 is 2.37 bits per heavy atom. The fraction of sp³-hybridized carbons (Fsp3) is 0.500. The van der Waals surface area contributed by atoms with Crippen LogP contribution in [0.2, 0.25) is 5.02 Å². The van der Waals surface area contributed by atoms with Crippen LogP contribution in [-0.2, 0) is 10.4 Å². The van der Waals surface area contributed by atoms with Crippen molar-refractivity contribution in [3.63, 3.8) is 0 Å². The number of anilines is 1. The molecule has 6 nitrogen and oxygen atoms in total. The summed E-state index contributed by atoms with van der Waals surface area (Å²) in [6, 6.07) is 11.9. The van der Waals surface area contributed by atoms with Gasteiger partial charge in [0.2, 0.25) is 0 Å². The molecule has 2 aromatic carbocycles. The van der Waals surface area contributed by atoms with Gasteiger partial charge in [-0.3, -0.25) is 9.59 Å². The van der Waals surface area contributed by atoms with E-state index in [1.54, 1.807) is 20.2 Å². The first-order valence-corrected chi connectivity index (χ1v) is 13.2. The van der Waals surface area contributed by atoms with E-state index in [-0.39, 0.29) is 17.9 Å². The number of halogens is 4. The van der Waals surface area contributed by atoms with E-state index in [2.05, 4.69) is 10.2 Å². The first-order valence-electron chi connectivity index (χ1n) is 12.8. The number of carbonyl (C=O) groups is 2. The minimum Gasteiger partial charge on any atom is -0.371 e. The fourth-order valence-electron chi connectivity index (χ4n) is 5.56. The van der Waals surface area contributed by atoms with Crippen LogP contribution in [0.4, 0.5) is 18.9 Å². The molecule has 1 aliphatic carbocycles. The number of alkyl halides is 3. The normalized spacial score (nSPS) is 20.1. The molecule has 38 heavy (non-hydrogen) atoms. The van der Waals surface area contributed by atoms with Crippen LogP contribution < -0.4 is 10.2 Å². The minimum absolute atomic E-state index is 0.0687. The summed E-state index contributed by atoms with van der Waals surface area (Å²) in [6.07, 6.45) is -0.712. The van der Waals surface area contributed by atoms with Gasteiger partial charge in [0.05, 0.1) is 10.6 Å². The van der Waals surface area contributed by atoms with E-state index in [1.165, 1.54) is 23.1 Å². The number of nitrogens with one attached hydrogen (secondary N) is 1. The zero-order valence-corrected chi connectivity index (χ0v) is 22.3. The molecular formula is C28H33ClF3N3O3. The summed E-state index contributed by atoms with van der Waals surface area (Å²) in [6.45, 7) is 1.79. The first-order chi connectivity index (χ1) is 17.9. The SMILES string of the molecule is CN(C)C(=O)c1ccc(N2CCC3(CC2)CC3CCCNC(=O)C(O)(c2ccccc2)C(F)(F)F)cc1Cl. The number of piperidine rings is 1. The molecule has 2 aliphatic rings. The lowest BCUT2D eigenvalue weighted by Gasteiger charge is -2.35. The Morgan fingerprint density at radius 1 is 1.13 bits per heavy atom. The monoisotopic (exact) mass is 551 g/mol. The highest BCUT2D eigenvalue weighted by atomic mass is 35.5. The van der Waals surface area contributed by atoms with E-state index in [0.717, 1.165) is 56.6 Å². The van der Waals surface area contributed by atoms with Crippen molar-refractivity contribution in [3.05, 3.63) is 64.7 Å². The molecule has 2 N–H and O–H groups in total. The molecule has 0 aromatic heterocycles. The maximum absolute atomic E-state index is 13.7. The maximum Gasteiger partial charge on any atom is 0.430 e. The van der Waals surface area contributed by atoms with Gasteiger partial charge in [-0.15, -0.1) is 0 Å². The summed E-state index contributed by atoms with van der Waals surface area (Å²) >= 11 is 6.38. The molecular weight excluding hydrogens is 519 g/mol. The Kier molecular flexibility index (Phi) is 8.00. The highest BCUT2D eigenvalue weighted by Gasteiger charge is 2.60. The quantitative estimate of drug-likeness (QED) is 0.453. The molecule has 2 fully saturated rings. The third kappa shape index (κ3) is 5.50. The van der Waals surface area contributed by atoms with Crippen LogP contribution in [0, 0.1) is 11.3 Å². The van der Waals surface area contributed by atoms with Gasteiger partial charge in [-0.2, -0.15) is 13.2 Å². The van der Waals surface area contributed by atoms with Crippen molar-refractivity contribution in [3.8, 4) is 0 Å². The van der Waals surface area contributed by atoms with E-state index < -0.39 is 23.2 Å². The van der Waals surface area contributed by atoms with E-state index >= 15 is 0 Å². The van der Waals surface area contributed by atoms with Crippen LogP contribution in [-0.4, -0.2) is 61.7 Å². The van der Waals surface area contributed by atoms with Gasteiger partial charge in [0.25, 0.3) is 17.4 Å². The van der Waals surface area contributed by atoms with E-state index in [4.69, 9.17) is 11.6 Å². The summed E-state index contributed by atoms with van der Waals surface area (Å²) in [4.78, 5) is 28.4. The van der Waals surface area contributed by atoms with Crippen LogP contribution in [0.3, 0.4) is 0 Å². The highest BCUT2D eigenvalue weighted by molar-refractivity contribution is 6.34. The molecule has 2 aromatic rings. The molecule has 1 saturated carbocycles. The summed E-state index contributed by atoms with van der Waals surface area (Å²) in [5.74, 6) is -1.12. The number of aliphatic hydroxyl groups is 1. The average molecular weight is 552 g/mol. The van der Waals surface area contributed by atoms with Crippen molar-refractivity contribution in [2.24, 2.45) is 11.3 Å². The molecule has 1 spiro atoms. The van der Waals surface area contributed by atoms with Crippen molar-refractivity contribution < 1.29 is 27.9 Å². The lowest BCUT2D eigenvalue weighted by atomic mass is 9.89. The zero-order chi connectivity index (χ0) is 27.7. The van der Waals surface area contributed by atoms with Crippen LogP contribution in [0.5, 0.6) is 0 Å². The average Bonchev–Trinajstić information content (AvgIpc) is 3.56. The van der Waals surface area contributed by atoms with Gasteiger partial charge < -0.3 is 20.2 Å². The summed E-state index contributed by atoms with van der Waals surface area (Å²) in [5, 5.41) is 13.1. The molecule has 2 unspecified atom stereocenters. The second kappa shape index (κ2) is 10.8. The van der Waals surface area contributed by atoms with Crippen molar-refractivity contribution >= 4 is 29.1 Å². The summed E-state index contributed by atoms with van der Waals surface area (Å²) in [5.41, 5.74) is -2.39. The molecule has 1 heterocycles. The Bertz CT molecular complexity index is 1170. The van der Waals surface area contributed by atoms with Gasteiger partial charge in [0.1, 0.15) is 0 Å². The molecule has 2 amide bonds. The third-order valence-electron chi connectivity index (χ3n) is 8.02. The molecule has 0 bridgehead atoms. The van der Waals surface area contributed by atoms with E-state index in [0.29, 0.717) is 22.9 Å². The number of hydrogen-bond acceptors (Lipinski definition) is 4. The maximum atomic E-state index is 13.7. The van der Waals surface area contributed by atoms with Crippen LogP contribution in [0.25, 0.3) is 0 Å². The predicted octanol–water partition coefficient (Wildman–Crippen LogP) is 4.99. The van der Waals surface area contributed by atoms with Crippen LogP contribution in [0.15, 0.2) is 48.5 Å². The number of amides is 2. The number of hydrogen-bond donors (Lipinski definition) is 2. The molecule has 2 atom stereocenters. The Labute approximate surface area is 225 Å². The Balaban J connectivity index is 1.25. The van der Waals surface area contributed by atoms with E-state index in [1.807, 2.05) is 12.1 Å². The van der Waals surface area contributed by atoms with Crippen molar-refractivity contribution in [2.45, 2.75) is 43.9 Å². The number of carbonyl (C=O) groups excluding carboxylic acids is 2. The lowest BCUT2D eigenvalue weighted by Crippen LogP contribution is -2.54. The van der Waals surface area contributed by atoms with Gasteiger partial charge in [-0.25, -0.2) is 0 Å². The third-order valence-corrected chi connectivity index (χ3v) is 8.33. The van der Waals surface area contributed by atoms with Gasteiger partial charge in [0, 0.05) is 45.0 Å². The molecule has 206 valence electrons. The fourth-order valence-corrected chi connectivity index (χ4v) is 5.81.